The summed E-state index contributed by atoms with van der Waals surface area (Å²) in [4.78, 5) is 0. The van der Waals surface area contributed by atoms with Gasteiger partial charge in [-0.3, -0.25) is 0 Å². The second-order valence-electron chi connectivity index (χ2n) is 7.41. The van der Waals surface area contributed by atoms with Crippen LogP contribution in [0.15, 0.2) is 78.4 Å². The summed E-state index contributed by atoms with van der Waals surface area (Å²) in [6.07, 6.45) is 7.74. The van der Waals surface area contributed by atoms with E-state index < -0.39 is 0 Å². The van der Waals surface area contributed by atoms with E-state index in [0.717, 1.165) is 12.3 Å². The molecule has 0 radical (unpaired) electrons. The van der Waals surface area contributed by atoms with Crippen LogP contribution >= 0.6 is 0 Å². The fraction of sp³-hybridized carbons (Fsp3) is 0.200. The quantitative estimate of drug-likeness (QED) is 0.498. The van der Waals surface area contributed by atoms with Crippen molar-refractivity contribution in [2.24, 2.45) is 5.92 Å². The van der Waals surface area contributed by atoms with E-state index >= 15 is 0 Å². The molecule has 0 heterocycles. The molecule has 1 saturated carbocycles. The Morgan fingerprint density at radius 1 is 0.680 bits per heavy atom. The van der Waals surface area contributed by atoms with Crippen molar-refractivity contribution in [3.05, 3.63) is 89.5 Å². The maximum atomic E-state index is 2.49. The van der Waals surface area contributed by atoms with Gasteiger partial charge in [0.05, 0.1) is 0 Å². The smallest absolute Gasteiger partial charge is 0.00513 e. The summed E-state index contributed by atoms with van der Waals surface area (Å²) in [7, 11) is 0. The predicted molar refractivity (Wildman–Crippen MR) is 106 cm³/mol. The minimum Gasteiger partial charge on any atom is -0.0649 e. The first kappa shape index (κ1) is 14.7. The van der Waals surface area contributed by atoms with E-state index in [2.05, 4.69) is 78.9 Å². The highest BCUT2D eigenvalue weighted by Gasteiger charge is 2.27. The summed E-state index contributed by atoms with van der Waals surface area (Å²) in [5, 5.41) is 0. The number of rotatable bonds is 4. The van der Waals surface area contributed by atoms with E-state index in [1.165, 1.54) is 52.6 Å². The largest absolute Gasteiger partial charge is 0.0649 e. The van der Waals surface area contributed by atoms with Gasteiger partial charge in [0.25, 0.3) is 0 Å². The van der Waals surface area contributed by atoms with E-state index in [4.69, 9.17) is 0 Å². The van der Waals surface area contributed by atoms with Crippen molar-refractivity contribution in [1.82, 2.24) is 0 Å². The third-order valence-electron chi connectivity index (χ3n) is 5.53. The molecule has 1 fully saturated rings. The maximum absolute atomic E-state index is 2.49. The lowest BCUT2D eigenvalue weighted by molar-refractivity contribution is 0.808. The lowest BCUT2D eigenvalue weighted by Crippen LogP contribution is -1.93. The topological polar surface area (TPSA) is 0 Å². The molecular weight excluding hydrogens is 300 g/mol. The molecule has 0 atom stereocenters. The van der Waals surface area contributed by atoms with Crippen molar-refractivity contribution < 1.29 is 0 Å². The average Bonchev–Trinajstić information content (AvgIpc) is 3.38. The lowest BCUT2D eigenvalue weighted by Gasteiger charge is -2.14. The summed E-state index contributed by atoms with van der Waals surface area (Å²) >= 11 is 0. The number of hydrogen-bond acceptors (Lipinski definition) is 0. The second kappa shape index (κ2) is 6.04. The van der Waals surface area contributed by atoms with Crippen LogP contribution in [-0.4, -0.2) is 0 Å². The highest BCUT2D eigenvalue weighted by atomic mass is 14.3. The lowest BCUT2D eigenvalue weighted by atomic mass is 9.90. The zero-order chi connectivity index (χ0) is 16.6. The second-order valence-corrected chi connectivity index (χ2v) is 7.41. The van der Waals surface area contributed by atoms with Crippen LogP contribution in [0.25, 0.3) is 28.3 Å². The molecule has 0 N–H and O–H groups in total. The van der Waals surface area contributed by atoms with Gasteiger partial charge in [-0.25, -0.2) is 0 Å². The summed E-state index contributed by atoms with van der Waals surface area (Å²) in [6.45, 7) is 0. The first-order valence-corrected chi connectivity index (χ1v) is 9.34. The zero-order valence-electron chi connectivity index (χ0n) is 14.4. The number of fused-ring (bicyclic) bond motifs is 1. The van der Waals surface area contributed by atoms with E-state index in [9.17, 15) is 0 Å². The van der Waals surface area contributed by atoms with Crippen molar-refractivity contribution in [3.63, 3.8) is 0 Å². The van der Waals surface area contributed by atoms with Gasteiger partial charge in [0.15, 0.2) is 0 Å². The SMILES string of the molecule is C1=C(CC2CC2)Cc2c(-c3ccccc3)ccc(-c3ccccc3)c21. The fourth-order valence-corrected chi connectivity index (χ4v) is 4.08. The van der Waals surface area contributed by atoms with E-state index in [1.807, 2.05) is 0 Å². The van der Waals surface area contributed by atoms with Gasteiger partial charge in [-0.1, -0.05) is 84.4 Å². The van der Waals surface area contributed by atoms with Gasteiger partial charge in [0.1, 0.15) is 0 Å². The van der Waals surface area contributed by atoms with E-state index in [0.29, 0.717) is 0 Å². The molecule has 0 bridgehead atoms. The molecule has 122 valence electrons. The van der Waals surface area contributed by atoms with Crippen LogP contribution in [0.5, 0.6) is 0 Å². The number of allylic oxidation sites excluding steroid dienone is 1. The molecule has 0 unspecified atom stereocenters. The minimum absolute atomic E-state index is 0.945. The van der Waals surface area contributed by atoms with E-state index in [1.54, 1.807) is 5.57 Å². The van der Waals surface area contributed by atoms with Gasteiger partial charge in [0.2, 0.25) is 0 Å². The highest BCUT2D eigenvalue weighted by molar-refractivity contribution is 5.87. The third kappa shape index (κ3) is 2.82. The van der Waals surface area contributed by atoms with Crippen LogP contribution in [0, 0.1) is 5.92 Å². The van der Waals surface area contributed by atoms with E-state index in [-0.39, 0.29) is 0 Å². The summed E-state index contributed by atoms with van der Waals surface area (Å²) in [6, 6.07) is 26.3. The molecule has 5 rings (SSSR count). The predicted octanol–water partition coefficient (Wildman–Crippen LogP) is 6.76. The monoisotopic (exact) mass is 322 g/mol. The molecule has 0 amide bonds. The van der Waals surface area contributed by atoms with Gasteiger partial charge in [-0.2, -0.15) is 0 Å². The Balaban J connectivity index is 1.64. The summed E-state index contributed by atoms with van der Waals surface area (Å²) in [5.41, 5.74) is 10.0. The van der Waals surface area contributed by atoms with Gasteiger partial charge in [-0.15, -0.1) is 0 Å². The molecule has 2 aliphatic carbocycles. The van der Waals surface area contributed by atoms with Gasteiger partial charge < -0.3 is 0 Å². The maximum Gasteiger partial charge on any atom is -0.00513 e. The molecule has 0 aromatic heterocycles. The molecule has 3 aromatic rings. The van der Waals surface area contributed by atoms with Gasteiger partial charge >= 0.3 is 0 Å². The Morgan fingerprint density at radius 3 is 1.92 bits per heavy atom. The number of hydrogen-bond donors (Lipinski definition) is 0. The third-order valence-corrected chi connectivity index (χ3v) is 5.53. The molecule has 0 heteroatoms. The average molecular weight is 322 g/mol. The van der Waals surface area contributed by atoms with Crippen LogP contribution in [0.1, 0.15) is 30.4 Å². The van der Waals surface area contributed by atoms with Crippen LogP contribution in [-0.2, 0) is 6.42 Å². The molecule has 3 aromatic carbocycles. The first-order valence-electron chi connectivity index (χ1n) is 9.34. The minimum atomic E-state index is 0.945. The molecule has 25 heavy (non-hydrogen) atoms. The van der Waals surface area contributed by atoms with Crippen molar-refractivity contribution in [2.45, 2.75) is 25.7 Å². The number of benzene rings is 3. The van der Waals surface area contributed by atoms with Crippen LogP contribution in [0.4, 0.5) is 0 Å². The fourth-order valence-electron chi connectivity index (χ4n) is 4.08. The molecule has 0 spiro atoms. The van der Waals surface area contributed by atoms with Gasteiger partial charge in [0, 0.05) is 0 Å². The normalized spacial score (nSPS) is 15.8. The molecule has 2 aliphatic rings. The summed E-state index contributed by atoms with van der Waals surface area (Å²) in [5.74, 6) is 0.945. The highest BCUT2D eigenvalue weighted by Crippen LogP contribution is 2.44. The van der Waals surface area contributed by atoms with Crippen LogP contribution in [0.2, 0.25) is 0 Å². The summed E-state index contributed by atoms with van der Waals surface area (Å²) < 4.78 is 0. The first-order chi connectivity index (χ1) is 12.4. The standard InChI is InChI=1S/C25H22/c1-3-7-20(8-4-1)22-13-14-23(21-9-5-2-6-10-21)25-17-19(16-24(22)25)15-18-11-12-18/h1-10,13-14,16,18H,11-12,15,17H2. The Morgan fingerprint density at radius 2 is 1.28 bits per heavy atom. The van der Waals surface area contributed by atoms with Crippen molar-refractivity contribution in [2.75, 3.05) is 0 Å². The Hall–Kier alpha value is -2.60. The Kier molecular flexibility index (Phi) is 3.56. The van der Waals surface area contributed by atoms with Gasteiger partial charge in [-0.05, 0) is 65.0 Å². The van der Waals surface area contributed by atoms with Crippen molar-refractivity contribution >= 4 is 6.08 Å². The molecular formula is C25H22. The van der Waals surface area contributed by atoms with Crippen LogP contribution in [0.3, 0.4) is 0 Å². The Labute approximate surface area is 149 Å². The van der Waals surface area contributed by atoms with Crippen molar-refractivity contribution in [1.29, 1.82) is 0 Å². The zero-order valence-corrected chi connectivity index (χ0v) is 14.4. The van der Waals surface area contributed by atoms with Crippen LogP contribution < -0.4 is 0 Å². The molecule has 0 aliphatic heterocycles. The Bertz CT molecular complexity index is 929. The molecule has 0 saturated heterocycles. The van der Waals surface area contributed by atoms with Crippen molar-refractivity contribution in [3.8, 4) is 22.3 Å². The molecule has 0 nitrogen and oxygen atoms in total.